The lowest BCUT2D eigenvalue weighted by molar-refractivity contribution is 0.0600. The molecule has 0 unspecified atom stereocenters. The maximum atomic E-state index is 11.6. The lowest BCUT2D eigenvalue weighted by Crippen LogP contribution is -2.20. The quantitative estimate of drug-likeness (QED) is 0.500. The van der Waals surface area contributed by atoms with Gasteiger partial charge in [-0.1, -0.05) is 6.07 Å². The Hall–Kier alpha value is -2.73. The van der Waals surface area contributed by atoms with Crippen LogP contribution in [0.4, 0.5) is 11.4 Å². The van der Waals surface area contributed by atoms with Gasteiger partial charge >= 0.3 is 5.97 Å². The number of rotatable bonds is 4. The fourth-order valence-electron chi connectivity index (χ4n) is 2.07. The largest absolute Gasteiger partial charge is 0.465 e. The predicted octanol–water partition coefficient (Wildman–Crippen LogP) is 3.79. The third-order valence-corrected chi connectivity index (χ3v) is 3.66. The first-order valence-corrected chi connectivity index (χ1v) is 7.69. The molecular formula is C18H18N2O3S. The van der Waals surface area contributed by atoms with E-state index in [4.69, 9.17) is 17.0 Å². The molecule has 0 aliphatic rings. The second-order valence-electron chi connectivity index (χ2n) is 5.23. The van der Waals surface area contributed by atoms with Gasteiger partial charge in [-0.05, 0) is 68.0 Å². The predicted molar refractivity (Wildman–Crippen MR) is 98.8 cm³/mol. The zero-order chi connectivity index (χ0) is 17.7. The Morgan fingerprint density at radius 2 is 1.62 bits per heavy atom. The highest BCUT2D eigenvalue weighted by Crippen LogP contribution is 2.18. The number of hydrogen-bond donors (Lipinski definition) is 2. The van der Waals surface area contributed by atoms with Gasteiger partial charge in [0, 0.05) is 16.9 Å². The van der Waals surface area contributed by atoms with Crippen LogP contribution in [0.5, 0.6) is 0 Å². The van der Waals surface area contributed by atoms with Gasteiger partial charge in [0.25, 0.3) is 0 Å². The van der Waals surface area contributed by atoms with E-state index in [0.29, 0.717) is 16.2 Å². The molecule has 2 aromatic rings. The minimum Gasteiger partial charge on any atom is -0.465 e. The van der Waals surface area contributed by atoms with E-state index < -0.39 is 5.97 Å². The van der Waals surface area contributed by atoms with Crippen molar-refractivity contribution in [3.8, 4) is 0 Å². The number of hydrogen-bond acceptors (Lipinski definition) is 4. The number of methoxy groups -OCH3 is 1. The van der Waals surface area contributed by atoms with E-state index in [-0.39, 0.29) is 5.78 Å². The second kappa shape index (κ2) is 7.70. The minimum absolute atomic E-state index is 0.0116. The number of Topliss-reactive ketones (excluding diaryl/α,β-unsaturated/α-hetero) is 1. The van der Waals surface area contributed by atoms with Crippen LogP contribution in [0.25, 0.3) is 0 Å². The highest BCUT2D eigenvalue weighted by atomic mass is 32.1. The van der Waals surface area contributed by atoms with Gasteiger partial charge in [0.1, 0.15) is 0 Å². The number of nitrogens with one attached hydrogen (secondary N) is 2. The van der Waals surface area contributed by atoms with E-state index in [1.54, 1.807) is 36.4 Å². The zero-order valence-electron chi connectivity index (χ0n) is 13.7. The Kier molecular flexibility index (Phi) is 5.65. The summed E-state index contributed by atoms with van der Waals surface area (Å²) in [5.74, 6) is -0.394. The summed E-state index contributed by atoms with van der Waals surface area (Å²) >= 11 is 5.29. The van der Waals surface area contributed by atoms with Crippen molar-refractivity contribution >= 4 is 40.5 Å². The molecule has 6 heteroatoms. The van der Waals surface area contributed by atoms with Gasteiger partial charge in [-0.3, -0.25) is 4.79 Å². The molecule has 0 spiro atoms. The van der Waals surface area contributed by atoms with Gasteiger partial charge in [0.15, 0.2) is 10.9 Å². The van der Waals surface area contributed by atoms with Crippen LogP contribution >= 0.6 is 12.2 Å². The first kappa shape index (κ1) is 17.6. The van der Waals surface area contributed by atoms with E-state index in [1.165, 1.54) is 14.0 Å². The lowest BCUT2D eigenvalue weighted by Gasteiger charge is -2.13. The van der Waals surface area contributed by atoms with Crippen molar-refractivity contribution in [1.82, 2.24) is 0 Å². The monoisotopic (exact) mass is 342 g/mol. The molecule has 0 aromatic heterocycles. The topological polar surface area (TPSA) is 67.4 Å². The van der Waals surface area contributed by atoms with Crippen LogP contribution in [0.3, 0.4) is 0 Å². The van der Waals surface area contributed by atoms with Crippen molar-refractivity contribution in [2.75, 3.05) is 17.7 Å². The van der Waals surface area contributed by atoms with Gasteiger partial charge in [-0.15, -0.1) is 0 Å². The molecule has 0 aliphatic heterocycles. The number of thiocarbonyl (C=S) groups is 1. The van der Waals surface area contributed by atoms with Crippen LogP contribution in [-0.4, -0.2) is 24.0 Å². The summed E-state index contributed by atoms with van der Waals surface area (Å²) in [6, 6.07) is 12.2. The molecule has 0 atom stereocenters. The fourth-order valence-corrected chi connectivity index (χ4v) is 2.30. The molecular weight excluding hydrogens is 324 g/mol. The molecule has 0 bridgehead atoms. The molecule has 2 aromatic carbocycles. The first-order chi connectivity index (χ1) is 11.4. The van der Waals surface area contributed by atoms with Gasteiger partial charge in [-0.2, -0.15) is 0 Å². The molecule has 0 amide bonds. The van der Waals surface area contributed by atoms with E-state index in [1.807, 2.05) is 13.0 Å². The smallest absolute Gasteiger partial charge is 0.337 e. The summed E-state index contributed by atoms with van der Waals surface area (Å²) in [4.78, 5) is 22.9. The summed E-state index contributed by atoms with van der Waals surface area (Å²) in [5.41, 5.74) is 3.51. The summed E-state index contributed by atoms with van der Waals surface area (Å²) in [6.45, 7) is 3.43. The number of carbonyl (C=O) groups is 2. The van der Waals surface area contributed by atoms with Crippen LogP contribution in [0.15, 0.2) is 42.5 Å². The Labute approximate surface area is 146 Å². The van der Waals surface area contributed by atoms with Gasteiger partial charge in [-0.25, -0.2) is 4.79 Å². The van der Waals surface area contributed by atoms with E-state index >= 15 is 0 Å². The standard InChI is InChI=1S/C18H18N2O3S/c1-11-4-5-14(17(22)23-3)10-16(11)20-18(24)19-15-8-6-13(7-9-15)12(2)21/h4-10H,1-3H3,(H2,19,20,24). The summed E-state index contributed by atoms with van der Waals surface area (Å²) in [7, 11) is 1.34. The van der Waals surface area contributed by atoms with Crippen molar-refractivity contribution in [1.29, 1.82) is 0 Å². The number of esters is 1. The number of anilines is 2. The molecule has 0 fully saturated rings. The highest BCUT2D eigenvalue weighted by molar-refractivity contribution is 7.80. The highest BCUT2D eigenvalue weighted by Gasteiger charge is 2.09. The number of ketones is 1. The normalized spacial score (nSPS) is 9.96. The molecule has 2 N–H and O–H groups in total. The van der Waals surface area contributed by atoms with Crippen molar-refractivity contribution in [3.05, 3.63) is 59.2 Å². The molecule has 24 heavy (non-hydrogen) atoms. The molecule has 0 saturated heterocycles. The molecule has 124 valence electrons. The summed E-state index contributed by atoms with van der Waals surface area (Å²) < 4.78 is 4.72. The molecule has 0 radical (unpaired) electrons. The van der Waals surface area contributed by atoms with Crippen molar-refractivity contribution in [2.45, 2.75) is 13.8 Å². The Balaban J connectivity index is 2.09. The van der Waals surface area contributed by atoms with Gasteiger partial charge in [0.2, 0.25) is 0 Å². The van der Waals surface area contributed by atoms with Crippen molar-refractivity contribution in [3.63, 3.8) is 0 Å². The molecule has 2 rings (SSSR count). The fraction of sp³-hybridized carbons (Fsp3) is 0.167. The molecule has 0 aliphatic carbocycles. The third-order valence-electron chi connectivity index (χ3n) is 3.46. The van der Waals surface area contributed by atoms with Crippen LogP contribution in [0, 0.1) is 6.92 Å². The summed E-state index contributed by atoms with van der Waals surface area (Å²) in [5, 5.41) is 6.49. The number of carbonyl (C=O) groups excluding carboxylic acids is 2. The van der Waals surface area contributed by atoms with Crippen molar-refractivity contribution in [2.24, 2.45) is 0 Å². The van der Waals surface area contributed by atoms with E-state index in [2.05, 4.69) is 10.6 Å². The van der Waals surface area contributed by atoms with Crippen LogP contribution in [0.2, 0.25) is 0 Å². The maximum absolute atomic E-state index is 11.6. The van der Waals surface area contributed by atoms with Crippen LogP contribution in [-0.2, 0) is 4.74 Å². The Morgan fingerprint density at radius 3 is 2.21 bits per heavy atom. The van der Waals surface area contributed by atoms with E-state index in [0.717, 1.165) is 16.9 Å². The summed E-state index contributed by atoms with van der Waals surface area (Å²) in [6.07, 6.45) is 0. The average Bonchev–Trinajstić information content (AvgIpc) is 2.56. The Bertz CT molecular complexity index is 785. The van der Waals surface area contributed by atoms with Crippen LogP contribution < -0.4 is 10.6 Å². The third kappa shape index (κ3) is 4.39. The first-order valence-electron chi connectivity index (χ1n) is 7.28. The van der Waals surface area contributed by atoms with E-state index in [9.17, 15) is 9.59 Å². The zero-order valence-corrected chi connectivity index (χ0v) is 14.5. The lowest BCUT2D eigenvalue weighted by atomic mass is 10.1. The average molecular weight is 342 g/mol. The second-order valence-corrected chi connectivity index (χ2v) is 5.64. The maximum Gasteiger partial charge on any atom is 0.337 e. The minimum atomic E-state index is -0.406. The SMILES string of the molecule is COC(=O)c1ccc(C)c(NC(=S)Nc2ccc(C(C)=O)cc2)c1. The Morgan fingerprint density at radius 1 is 1.00 bits per heavy atom. The molecule has 0 heterocycles. The van der Waals surface area contributed by atoms with Gasteiger partial charge in [0.05, 0.1) is 12.7 Å². The molecule has 5 nitrogen and oxygen atoms in total. The van der Waals surface area contributed by atoms with Crippen molar-refractivity contribution < 1.29 is 14.3 Å². The van der Waals surface area contributed by atoms with Gasteiger partial charge < -0.3 is 15.4 Å². The number of benzene rings is 2. The number of aryl methyl sites for hydroxylation is 1. The molecule has 0 saturated carbocycles. The van der Waals surface area contributed by atoms with Crippen LogP contribution in [0.1, 0.15) is 33.2 Å². The number of ether oxygens (including phenoxy) is 1.